The molecule has 2 aromatic rings. The number of nitrogens with zero attached hydrogens (tertiary/aromatic N) is 2. The molecule has 1 aromatic carbocycles. The van der Waals surface area contributed by atoms with Crippen molar-refractivity contribution in [1.82, 2.24) is 9.97 Å². The first-order valence-corrected chi connectivity index (χ1v) is 9.13. The number of aryl methyl sites for hydroxylation is 2. The summed E-state index contributed by atoms with van der Waals surface area (Å²) in [5, 5.41) is 3.50. The van der Waals surface area contributed by atoms with Gasteiger partial charge in [-0.05, 0) is 56.9 Å². The predicted molar refractivity (Wildman–Crippen MR) is 108 cm³/mol. The molecule has 0 atom stereocenters. The molecule has 0 radical (unpaired) electrons. The maximum atomic E-state index is 6.24. The Labute approximate surface area is 156 Å². The third-order valence-electron chi connectivity index (χ3n) is 4.51. The fraction of sp³-hybridized carbons (Fsp3) is 0.429. The van der Waals surface area contributed by atoms with Crippen molar-refractivity contribution in [2.24, 2.45) is 5.73 Å². The highest BCUT2D eigenvalue weighted by Crippen LogP contribution is 2.29. The first kappa shape index (κ1) is 19.8. The number of rotatable bonds is 7. The topological polar surface area (TPSA) is 73.1 Å². The van der Waals surface area contributed by atoms with Crippen LogP contribution in [0.4, 0.5) is 5.82 Å². The molecule has 0 aliphatic carbocycles. The molecule has 2 rings (SSSR count). The minimum Gasteiger partial charge on any atom is -0.497 e. The van der Waals surface area contributed by atoms with Crippen LogP contribution in [-0.4, -0.2) is 23.1 Å². The molecule has 0 saturated heterocycles. The number of ether oxygens (including phenoxy) is 1. The Kier molecular flexibility index (Phi) is 6.61. The summed E-state index contributed by atoms with van der Waals surface area (Å²) in [5.74, 6) is 2.30. The van der Waals surface area contributed by atoms with Gasteiger partial charge in [0.1, 0.15) is 11.6 Å². The van der Waals surface area contributed by atoms with E-state index in [2.05, 4.69) is 24.1 Å². The molecule has 0 fully saturated rings. The van der Waals surface area contributed by atoms with Crippen molar-refractivity contribution in [3.8, 4) is 5.75 Å². The smallest absolute Gasteiger partial charge is 0.164 e. The molecule has 5 nitrogen and oxygen atoms in total. The lowest BCUT2D eigenvalue weighted by Crippen LogP contribution is -2.19. The fourth-order valence-corrected chi connectivity index (χ4v) is 3.01. The lowest BCUT2D eigenvalue weighted by Gasteiger charge is -2.18. The van der Waals surface area contributed by atoms with Crippen molar-refractivity contribution >= 4 is 11.4 Å². The second-order valence-electron chi connectivity index (χ2n) is 6.61. The summed E-state index contributed by atoms with van der Waals surface area (Å²) in [4.78, 5) is 9.41. The van der Waals surface area contributed by atoms with Crippen molar-refractivity contribution in [2.45, 2.75) is 53.5 Å². The number of allylic oxidation sites excluding steroid dienone is 1. The third kappa shape index (κ3) is 4.54. The van der Waals surface area contributed by atoms with Crippen LogP contribution in [0.25, 0.3) is 5.57 Å². The van der Waals surface area contributed by atoms with Gasteiger partial charge in [-0.2, -0.15) is 0 Å². The van der Waals surface area contributed by atoms with E-state index in [1.54, 1.807) is 7.11 Å². The second-order valence-corrected chi connectivity index (χ2v) is 6.61. The van der Waals surface area contributed by atoms with Crippen molar-refractivity contribution in [3.05, 3.63) is 52.6 Å². The van der Waals surface area contributed by atoms with E-state index in [1.165, 1.54) is 0 Å². The van der Waals surface area contributed by atoms with Crippen LogP contribution < -0.4 is 15.8 Å². The van der Waals surface area contributed by atoms with Crippen LogP contribution in [0.5, 0.6) is 5.75 Å². The largest absolute Gasteiger partial charge is 0.497 e. The summed E-state index contributed by atoms with van der Waals surface area (Å²) in [7, 11) is 1.67. The van der Waals surface area contributed by atoms with Crippen LogP contribution in [-0.2, 0) is 0 Å². The van der Waals surface area contributed by atoms with Crippen molar-refractivity contribution < 1.29 is 4.74 Å². The van der Waals surface area contributed by atoms with Gasteiger partial charge in [0.25, 0.3) is 0 Å². The van der Waals surface area contributed by atoms with Crippen LogP contribution in [0, 0.1) is 13.8 Å². The van der Waals surface area contributed by atoms with E-state index in [0.29, 0.717) is 17.6 Å². The molecule has 1 aromatic heterocycles. The molecule has 0 amide bonds. The predicted octanol–water partition coefficient (Wildman–Crippen LogP) is 4.44. The van der Waals surface area contributed by atoms with E-state index >= 15 is 0 Å². The standard InChI is InChI=1S/C21H30N4O/c1-7-16(8-2)24-19-12-14(4)23-21(25-19)20(15(5)22)18-10-9-17(26-6)11-13(18)3/h9-12,16H,7-8,22H2,1-6H3,(H,23,24,25). The van der Waals surface area contributed by atoms with Gasteiger partial charge >= 0.3 is 0 Å². The van der Waals surface area contributed by atoms with E-state index in [1.807, 2.05) is 45.0 Å². The minimum absolute atomic E-state index is 0.395. The molecule has 0 spiro atoms. The van der Waals surface area contributed by atoms with Gasteiger partial charge in [-0.15, -0.1) is 0 Å². The Hall–Kier alpha value is -2.56. The first-order valence-electron chi connectivity index (χ1n) is 9.13. The average Bonchev–Trinajstić information content (AvgIpc) is 2.60. The molecule has 26 heavy (non-hydrogen) atoms. The highest BCUT2D eigenvalue weighted by atomic mass is 16.5. The van der Waals surface area contributed by atoms with Crippen LogP contribution in [0.1, 0.15) is 56.3 Å². The number of aromatic nitrogens is 2. The molecule has 1 heterocycles. The number of hydrogen-bond donors (Lipinski definition) is 2. The van der Waals surface area contributed by atoms with E-state index in [9.17, 15) is 0 Å². The Morgan fingerprint density at radius 3 is 2.38 bits per heavy atom. The van der Waals surface area contributed by atoms with Gasteiger partial charge in [-0.1, -0.05) is 19.9 Å². The van der Waals surface area contributed by atoms with E-state index in [-0.39, 0.29) is 0 Å². The van der Waals surface area contributed by atoms with Crippen molar-refractivity contribution in [1.29, 1.82) is 0 Å². The summed E-state index contributed by atoms with van der Waals surface area (Å²) in [6.45, 7) is 10.3. The number of hydrogen-bond acceptors (Lipinski definition) is 5. The van der Waals surface area contributed by atoms with Crippen LogP contribution in [0.3, 0.4) is 0 Å². The fourth-order valence-electron chi connectivity index (χ4n) is 3.01. The maximum Gasteiger partial charge on any atom is 0.164 e. The van der Waals surface area contributed by atoms with Crippen molar-refractivity contribution in [2.75, 3.05) is 12.4 Å². The Morgan fingerprint density at radius 2 is 1.85 bits per heavy atom. The summed E-state index contributed by atoms with van der Waals surface area (Å²) < 4.78 is 5.31. The van der Waals surface area contributed by atoms with Crippen LogP contribution in [0.15, 0.2) is 30.0 Å². The molecular weight excluding hydrogens is 324 g/mol. The van der Waals surface area contributed by atoms with Crippen LogP contribution >= 0.6 is 0 Å². The summed E-state index contributed by atoms with van der Waals surface area (Å²) >= 11 is 0. The van der Waals surface area contributed by atoms with Gasteiger partial charge < -0.3 is 15.8 Å². The van der Waals surface area contributed by atoms with E-state index in [4.69, 9.17) is 15.5 Å². The van der Waals surface area contributed by atoms with Gasteiger partial charge in [0.05, 0.1) is 7.11 Å². The highest BCUT2D eigenvalue weighted by molar-refractivity contribution is 5.80. The van der Waals surface area contributed by atoms with Gasteiger partial charge in [0.2, 0.25) is 0 Å². The quantitative estimate of drug-likeness (QED) is 0.769. The third-order valence-corrected chi connectivity index (χ3v) is 4.51. The Morgan fingerprint density at radius 1 is 1.15 bits per heavy atom. The molecule has 140 valence electrons. The number of nitrogens with one attached hydrogen (secondary N) is 1. The summed E-state index contributed by atoms with van der Waals surface area (Å²) in [5.41, 5.74) is 10.8. The molecule has 5 heteroatoms. The molecule has 0 aliphatic rings. The number of anilines is 1. The molecule has 3 N–H and O–H groups in total. The lowest BCUT2D eigenvalue weighted by molar-refractivity contribution is 0.414. The Bertz CT molecular complexity index is 791. The van der Waals surface area contributed by atoms with Crippen molar-refractivity contribution in [3.63, 3.8) is 0 Å². The number of nitrogens with two attached hydrogens (primary N) is 1. The molecular formula is C21H30N4O. The zero-order valence-electron chi connectivity index (χ0n) is 16.7. The van der Waals surface area contributed by atoms with E-state index in [0.717, 1.165) is 46.8 Å². The molecule has 0 saturated carbocycles. The average molecular weight is 354 g/mol. The zero-order chi connectivity index (χ0) is 19.3. The van der Waals surface area contributed by atoms with E-state index < -0.39 is 0 Å². The first-order chi connectivity index (χ1) is 12.4. The molecule has 0 unspecified atom stereocenters. The van der Waals surface area contributed by atoms with Gasteiger partial charge in [-0.3, -0.25) is 0 Å². The molecule has 0 aliphatic heterocycles. The Balaban J connectivity index is 2.52. The molecule has 0 bridgehead atoms. The monoisotopic (exact) mass is 354 g/mol. The highest BCUT2D eigenvalue weighted by Gasteiger charge is 2.16. The second kappa shape index (κ2) is 8.70. The van der Waals surface area contributed by atoms with Gasteiger partial charge in [0.15, 0.2) is 5.82 Å². The summed E-state index contributed by atoms with van der Waals surface area (Å²) in [6.07, 6.45) is 2.09. The normalized spacial score (nSPS) is 12.1. The number of benzene rings is 1. The minimum atomic E-state index is 0.395. The SMILES string of the molecule is CCC(CC)Nc1cc(C)nc(C(=C(C)N)c2ccc(OC)cc2C)n1. The summed E-state index contributed by atoms with van der Waals surface area (Å²) in [6, 6.07) is 8.32. The lowest BCUT2D eigenvalue weighted by atomic mass is 9.98. The van der Waals surface area contributed by atoms with Crippen LogP contribution in [0.2, 0.25) is 0 Å². The maximum absolute atomic E-state index is 6.24. The number of methoxy groups -OCH3 is 1. The van der Waals surface area contributed by atoms with Gasteiger partial charge in [-0.25, -0.2) is 9.97 Å². The van der Waals surface area contributed by atoms with Gasteiger partial charge in [0, 0.05) is 29.1 Å². The zero-order valence-corrected chi connectivity index (χ0v) is 16.7.